The summed E-state index contributed by atoms with van der Waals surface area (Å²) in [5.74, 6) is 1.92. The Hall–Kier alpha value is -7.08. The number of hydrogen-bond donors (Lipinski definition) is 0. The van der Waals surface area contributed by atoms with Gasteiger partial charge in [0, 0.05) is 32.2 Å². The largest absolute Gasteiger partial charge is 0.308 e. The second-order valence-corrected chi connectivity index (χ2v) is 15.8. The van der Waals surface area contributed by atoms with Gasteiger partial charge in [-0.2, -0.15) is 0 Å². The van der Waals surface area contributed by atoms with Crippen molar-refractivity contribution in [2.75, 3.05) is 4.90 Å². The maximum Gasteiger partial charge on any atom is 0.164 e. The second kappa shape index (κ2) is 12.5. The van der Waals surface area contributed by atoms with Crippen molar-refractivity contribution < 1.29 is 0 Å². The zero-order valence-corrected chi connectivity index (χ0v) is 31.5. The molecule has 0 amide bonds. The third-order valence-electron chi connectivity index (χ3n) is 11.7. The quantitative estimate of drug-likeness (QED) is 0.179. The van der Waals surface area contributed by atoms with E-state index in [4.69, 9.17) is 15.0 Å². The molecule has 0 N–H and O–H groups in total. The number of hydrogen-bond acceptors (Lipinski definition) is 5. The Labute approximate surface area is 335 Å². The Morgan fingerprint density at radius 2 is 0.772 bits per heavy atom. The van der Waals surface area contributed by atoms with Crippen LogP contribution in [0.2, 0.25) is 0 Å². The molecule has 4 nitrogen and oxygen atoms in total. The summed E-state index contributed by atoms with van der Waals surface area (Å²) in [6.45, 7) is 0. The van der Waals surface area contributed by atoms with Crippen molar-refractivity contribution >= 4 is 28.8 Å². The van der Waals surface area contributed by atoms with Crippen molar-refractivity contribution in [3.8, 4) is 56.4 Å². The van der Waals surface area contributed by atoms with E-state index in [-0.39, 0.29) is 0 Å². The maximum atomic E-state index is 5.25. The van der Waals surface area contributed by atoms with Crippen LogP contribution in [0.25, 0.3) is 56.4 Å². The van der Waals surface area contributed by atoms with E-state index in [9.17, 15) is 0 Å². The molecule has 1 aliphatic heterocycles. The van der Waals surface area contributed by atoms with Gasteiger partial charge in [-0.05, 0) is 99.1 Å². The molecular weight excluding hydrogens is 713 g/mol. The van der Waals surface area contributed by atoms with Crippen LogP contribution in [0.4, 0.5) is 17.1 Å². The fraction of sp³-hybridized carbons (Fsp3) is 0.0192. The average Bonchev–Trinajstić information content (AvgIpc) is 3.75. The van der Waals surface area contributed by atoms with Gasteiger partial charge in [-0.15, -0.1) is 0 Å². The van der Waals surface area contributed by atoms with Gasteiger partial charge in [0.2, 0.25) is 0 Å². The molecule has 0 radical (unpaired) electrons. The van der Waals surface area contributed by atoms with Crippen LogP contribution in [0.15, 0.2) is 204 Å². The minimum atomic E-state index is -0.451. The fourth-order valence-electron chi connectivity index (χ4n) is 9.33. The van der Waals surface area contributed by atoms with E-state index in [0.717, 1.165) is 22.4 Å². The Kier molecular flexibility index (Phi) is 7.04. The summed E-state index contributed by atoms with van der Waals surface area (Å²) in [4.78, 5) is 20.4. The zero-order valence-electron chi connectivity index (χ0n) is 30.7. The van der Waals surface area contributed by atoms with Gasteiger partial charge in [-0.25, -0.2) is 15.0 Å². The van der Waals surface area contributed by atoms with Crippen LogP contribution >= 0.6 is 11.8 Å². The lowest BCUT2D eigenvalue weighted by atomic mass is 9.70. The third kappa shape index (κ3) is 4.73. The Morgan fingerprint density at radius 3 is 1.33 bits per heavy atom. The first-order valence-corrected chi connectivity index (χ1v) is 20.1. The molecule has 5 heteroatoms. The average molecular weight is 745 g/mol. The minimum Gasteiger partial charge on any atom is -0.308 e. The molecule has 0 atom stereocenters. The molecule has 0 saturated heterocycles. The highest BCUT2D eigenvalue weighted by Gasteiger charge is 2.51. The first-order valence-electron chi connectivity index (χ1n) is 19.3. The van der Waals surface area contributed by atoms with E-state index in [1.807, 2.05) is 30.0 Å². The lowest BCUT2D eigenvalue weighted by molar-refractivity contribution is 0.794. The van der Waals surface area contributed by atoms with Gasteiger partial charge in [-0.3, -0.25) is 0 Å². The summed E-state index contributed by atoms with van der Waals surface area (Å²) in [6, 6.07) is 69.6. The smallest absolute Gasteiger partial charge is 0.164 e. The minimum absolute atomic E-state index is 0.451. The standard InChI is InChI=1S/C52H32N4S/c1-2-14-33(15-3-1)49-53-50(34-26-29-36(30-27-34)56-45-22-10-12-24-47(45)57-48-25-13-11-23-46(48)56)55-51(54-49)35-28-31-40-39-18-6-9-21-43(39)52(44(40)32-35)41-19-7-4-16-37(41)38-17-5-8-20-42(38)52/h1-32H. The van der Waals surface area contributed by atoms with E-state index in [2.05, 4.69) is 181 Å². The topological polar surface area (TPSA) is 41.9 Å². The van der Waals surface area contributed by atoms with E-state index in [0.29, 0.717) is 17.5 Å². The molecule has 57 heavy (non-hydrogen) atoms. The summed E-state index contributed by atoms with van der Waals surface area (Å²) in [5, 5.41) is 0. The molecule has 0 bridgehead atoms. The highest BCUT2D eigenvalue weighted by atomic mass is 32.2. The van der Waals surface area contributed by atoms with Crippen LogP contribution in [0, 0.1) is 0 Å². The van der Waals surface area contributed by atoms with Crippen LogP contribution in [-0.4, -0.2) is 15.0 Å². The van der Waals surface area contributed by atoms with Crippen molar-refractivity contribution in [1.29, 1.82) is 0 Å². The molecule has 0 saturated carbocycles. The molecule has 3 aliphatic rings. The number of para-hydroxylation sites is 2. The molecule has 1 spiro atoms. The van der Waals surface area contributed by atoms with Crippen LogP contribution in [0.5, 0.6) is 0 Å². The van der Waals surface area contributed by atoms with Crippen LogP contribution in [0.3, 0.4) is 0 Å². The monoisotopic (exact) mass is 744 g/mol. The predicted octanol–water partition coefficient (Wildman–Crippen LogP) is 13.2. The lowest BCUT2D eigenvalue weighted by Gasteiger charge is -2.32. The SMILES string of the molecule is c1ccc(-c2nc(-c3ccc(N4c5ccccc5Sc5ccccc54)cc3)nc(-c3ccc4c(c3)C3(c5ccccc5-c5ccccc53)c3ccccc3-4)n2)cc1. The molecule has 0 fully saturated rings. The summed E-state index contributed by atoms with van der Waals surface area (Å²) in [5.41, 5.74) is 16.1. The van der Waals surface area contributed by atoms with Gasteiger partial charge in [-0.1, -0.05) is 151 Å². The third-order valence-corrected chi connectivity index (χ3v) is 12.9. The Balaban J connectivity index is 1.02. The van der Waals surface area contributed by atoms with E-state index in [1.54, 1.807) is 0 Å². The van der Waals surface area contributed by atoms with E-state index >= 15 is 0 Å². The number of rotatable bonds is 4. The van der Waals surface area contributed by atoms with Gasteiger partial charge < -0.3 is 4.90 Å². The molecule has 2 heterocycles. The van der Waals surface area contributed by atoms with Crippen molar-refractivity contribution in [3.05, 3.63) is 216 Å². The summed E-state index contributed by atoms with van der Waals surface area (Å²) >= 11 is 1.81. The normalized spacial score (nSPS) is 13.6. The van der Waals surface area contributed by atoms with Crippen LogP contribution < -0.4 is 4.90 Å². The Bertz CT molecular complexity index is 2960. The first-order chi connectivity index (χ1) is 28.3. The second-order valence-electron chi connectivity index (χ2n) is 14.7. The molecule has 1 aromatic heterocycles. The number of anilines is 3. The lowest BCUT2D eigenvalue weighted by Crippen LogP contribution is -2.25. The van der Waals surface area contributed by atoms with Gasteiger partial charge in [0.15, 0.2) is 17.5 Å². The van der Waals surface area contributed by atoms with Crippen molar-refractivity contribution in [2.24, 2.45) is 0 Å². The Morgan fingerprint density at radius 1 is 0.351 bits per heavy atom. The van der Waals surface area contributed by atoms with Crippen molar-refractivity contribution in [3.63, 3.8) is 0 Å². The number of benzene rings is 8. The van der Waals surface area contributed by atoms with Crippen molar-refractivity contribution in [1.82, 2.24) is 15.0 Å². The predicted molar refractivity (Wildman–Crippen MR) is 231 cm³/mol. The molecule has 9 aromatic rings. The number of nitrogens with zero attached hydrogens (tertiary/aromatic N) is 4. The molecule has 2 aliphatic carbocycles. The summed E-state index contributed by atoms with van der Waals surface area (Å²) in [6.07, 6.45) is 0. The first kappa shape index (κ1) is 32.2. The molecule has 12 rings (SSSR count). The van der Waals surface area contributed by atoms with E-state index in [1.165, 1.54) is 65.7 Å². The molecule has 266 valence electrons. The summed E-state index contributed by atoms with van der Waals surface area (Å²) in [7, 11) is 0. The van der Waals surface area contributed by atoms with E-state index < -0.39 is 5.41 Å². The number of fused-ring (bicyclic) bond motifs is 12. The fourth-order valence-corrected chi connectivity index (χ4v) is 10.4. The maximum absolute atomic E-state index is 5.25. The van der Waals surface area contributed by atoms with Gasteiger partial charge in [0.25, 0.3) is 0 Å². The van der Waals surface area contributed by atoms with Crippen LogP contribution in [-0.2, 0) is 5.41 Å². The molecule has 8 aromatic carbocycles. The van der Waals surface area contributed by atoms with Crippen molar-refractivity contribution in [2.45, 2.75) is 15.2 Å². The zero-order chi connectivity index (χ0) is 37.5. The summed E-state index contributed by atoms with van der Waals surface area (Å²) < 4.78 is 0. The highest BCUT2D eigenvalue weighted by Crippen LogP contribution is 2.63. The number of aromatic nitrogens is 3. The van der Waals surface area contributed by atoms with Gasteiger partial charge in [0.1, 0.15) is 0 Å². The highest BCUT2D eigenvalue weighted by molar-refractivity contribution is 7.99. The van der Waals surface area contributed by atoms with Gasteiger partial charge >= 0.3 is 0 Å². The van der Waals surface area contributed by atoms with Gasteiger partial charge in [0.05, 0.1) is 16.8 Å². The molecular formula is C52H32N4S. The molecule has 0 unspecified atom stereocenters. The van der Waals surface area contributed by atoms with Crippen LogP contribution in [0.1, 0.15) is 22.3 Å².